The molecule has 142 valence electrons. The van der Waals surface area contributed by atoms with Gasteiger partial charge in [0.2, 0.25) is 11.8 Å². The summed E-state index contributed by atoms with van der Waals surface area (Å²) >= 11 is 0. The van der Waals surface area contributed by atoms with Crippen molar-refractivity contribution in [3.05, 3.63) is 42.6 Å². The number of aliphatic imine (C=N–C) groups is 1. The maximum atomic E-state index is 9.21. The molecule has 3 rings (SSSR count). The van der Waals surface area contributed by atoms with Crippen molar-refractivity contribution in [2.24, 2.45) is 10.9 Å². The van der Waals surface area contributed by atoms with Crippen LogP contribution in [-0.2, 0) is 4.74 Å². The second-order valence-corrected chi connectivity index (χ2v) is 6.08. The molecule has 1 N–H and O–H groups in total. The van der Waals surface area contributed by atoms with Gasteiger partial charge in [-0.05, 0) is 43.3 Å². The second-order valence-electron chi connectivity index (χ2n) is 6.08. The number of aromatic nitrogens is 3. The summed E-state index contributed by atoms with van der Waals surface area (Å²) in [6.07, 6.45) is 8.40. The summed E-state index contributed by atoms with van der Waals surface area (Å²) < 4.78 is 16.2. The number of hydrogen-bond donors (Lipinski definition) is 1. The van der Waals surface area contributed by atoms with Crippen LogP contribution in [0.25, 0.3) is 11.5 Å². The number of nitrogens with zero attached hydrogens (tertiary/aromatic N) is 4. The lowest BCUT2D eigenvalue weighted by Crippen LogP contribution is -2.34. The van der Waals surface area contributed by atoms with Gasteiger partial charge in [0.25, 0.3) is 5.88 Å². The van der Waals surface area contributed by atoms with Gasteiger partial charge in [0.05, 0.1) is 25.1 Å². The predicted octanol–water partition coefficient (Wildman–Crippen LogP) is 3.52. The Kier molecular flexibility index (Phi) is 5.85. The molecular formula is C19H22N4O4. The minimum Gasteiger partial charge on any atom is -0.491 e. The van der Waals surface area contributed by atoms with E-state index in [-0.39, 0.29) is 12.0 Å². The highest BCUT2D eigenvalue weighted by Gasteiger charge is 2.32. The third kappa shape index (κ3) is 4.72. The van der Waals surface area contributed by atoms with Crippen LogP contribution >= 0.6 is 0 Å². The first kappa shape index (κ1) is 18.6. The molecule has 0 amide bonds. The van der Waals surface area contributed by atoms with Gasteiger partial charge < -0.3 is 19.1 Å². The number of allylic oxidation sites excluding steroid dienone is 2. The van der Waals surface area contributed by atoms with Crippen LogP contribution in [0.2, 0.25) is 0 Å². The van der Waals surface area contributed by atoms with Gasteiger partial charge in [-0.3, -0.25) is 0 Å². The van der Waals surface area contributed by atoms with Crippen molar-refractivity contribution >= 4 is 6.21 Å². The molecule has 1 saturated carbocycles. The van der Waals surface area contributed by atoms with Crippen molar-refractivity contribution in [2.45, 2.75) is 32.8 Å². The average molecular weight is 370 g/mol. The standard InChI is InChI=1S/C19H22N4O4/c1-4-20-18(25-5-2)6-12(3)13-7-14(8-13)26-19-11-21-15(10-22-19)16-9-17(24)23-27-16/h4,6,9-11,13-14H,3,5,7-8H2,1-2H3,(H,23,24)/b18-6+,20-4-/t13-,14-. The van der Waals surface area contributed by atoms with E-state index in [1.807, 2.05) is 19.9 Å². The number of ether oxygens (including phenoxy) is 2. The van der Waals surface area contributed by atoms with Gasteiger partial charge in [0.1, 0.15) is 11.8 Å². The predicted molar refractivity (Wildman–Crippen MR) is 99.3 cm³/mol. The molecule has 0 radical (unpaired) electrons. The van der Waals surface area contributed by atoms with Gasteiger partial charge >= 0.3 is 0 Å². The largest absolute Gasteiger partial charge is 0.491 e. The fraction of sp³-hybridized carbons (Fsp3) is 0.368. The Morgan fingerprint density at radius 3 is 2.81 bits per heavy atom. The molecule has 8 heteroatoms. The zero-order chi connectivity index (χ0) is 19.2. The minimum absolute atomic E-state index is 0.0693. The van der Waals surface area contributed by atoms with Crippen molar-refractivity contribution < 1.29 is 19.1 Å². The summed E-state index contributed by atoms with van der Waals surface area (Å²) in [7, 11) is 0. The van der Waals surface area contributed by atoms with Crippen molar-refractivity contribution in [3.8, 4) is 23.2 Å². The molecule has 8 nitrogen and oxygen atoms in total. The van der Waals surface area contributed by atoms with E-state index >= 15 is 0 Å². The summed E-state index contributed by atoms with van der Waals surface area (Å²) in [6.45, 7) is 8.45. The first-order valence-electron chi connectivity index (χ1n) is 8.75. The molecule has 0 bridgehead atoms. The number of aromatic hydroxyl groups is 1. The van der Waals surface area contributed by atoms with Crippen molar-refractivity contribution in [1.82, 2.24) is 15.1 Å². The fourth-order valence-corrected chi connectivity index (χ4v) is 2.69. The lowest BCUT2D eigenvalue weighted by Gasteiger charge is -2.35. The molecule has 1 aliphatic rings. The number of hydrogen-bond acceptors (Lipinski definition) is 8. The zero-order valence-electron chi connectivity index (χ0n) is 15.3. The summed E-state index contributed by atoms with van der Waals surface area (Å²) in [4.78, 5) is 12.6. The van der Waals surface area contributed by atoms with Crippen LogP contribution in [0.1, 0.15) is 26.7 Å². The third-order valence-corrected chi connectivity index (χ3v) is 4.14. The average Bonchev–Trinajstić information content (AvgIpc) is 3.05. The lowest BCUT2D eigenvalue weighted by molar-refractivity contribution is 0.0776. The molecule has 27 heavy (non-hydrogen) atoms. The molecule has 1 fully saturated rings. The van der Waals surface area contributed by atoms with Gasteiger partial charge in [-0.25, -0.2) is 15.0 Å². The van der Waals surface area contributed by atoms with Gasteiger partial charge in [-0.2, -0.15) is 0 Å². The van der Waals surface area contributed by atoms with E-state index in [2.05, 4.69) is 26.7 Å². The smallest absolute Gasteiger partial charge is 0.252 e. The van der Waals surface area contributed by atoms with Crippen LogP contribution in [0, 0.1) is 5.92 Å². The first-order valence-corrected chi connectivity index (χ1v) is 8.75. The van der Waals surface area contributed by atoms with Crippen LogP contribution < -0.4 is 4.74 Å². The van der Waals surface area contributed by atoms with Crippen molar-refractivity contribution in [3.63, 3.8) is 0 Å². The van der Waals surface area contributed by atoms with E-state index < -0.39 is 0 Å². The summed E-state index contributed by atoms with van der Waals surface area (Å²) in [5, 5.41) is 12.6. The van der Waals surface area contributed by atoms with Crippen LogP contribution in [0.3, 0.4) is 0 Å². The normalized spacial score (nSPS) is 19.7. The molecule has 1 aliphatic carbocycles. The Balaban J connectivity index is 1.51. The monoisotopic (exact) mass is 370 g/mol. The maximum Gasteiger partial charge on any atom is 0.252 e. The van der Waals surface area contributed by atoms with E-state index in [0.29, 0.717) is 35.7 Å². The maximum absolute atomic E-state index is 9.21. The quantitative estimate of drug-likeness (QED) is 0.431. The Morgan fingerprint density at radius 2 is 2.22 bits per heavy atom. The van der Waals surface area contributed by atoms with E-state index in [9.17, 15) is 5.11 Å². The molecule has 2 aromatic rings. The molecular weight excluding hydrogens is 348 g/mol. The van der Waals surface area contributed by atoms with E-state index in [4.69, 9.17) is 14.0 Å². The summed E-state index contributed by atoms with van der Waals surface area (Å²) in [6, 6.07) is 1.37. The zero-order valence-corrected chi connectivity index (χ0v) is 15.3. The molecule has 0 unspecified atom stereocenters. The van der Waals surface area contributed by atoms with Gasteiger partial charge in [-0.1, -0.05) is 6.58 Å². The Morgan fingerprint density at radius 1 is 1.41 bits per heavy atom. The molecule has 2 heterocycles. The highest BCUT2D eigenvalue weighted by molar-refractivity contribution is 5.55. The SMILES string of the molecule is C=C(/C=C(\N=C/C)OCC)[C@H]1C[C@H](Oc2cnc(-c3cc(O)no3)cn2)C1. The molecule has 0 saturated heterocycles. The van der Waals surface area contributed by atoms with Crippen molar-refractivity contribution in [2.75, 3.05) is 6.61 Å². The van der Waals surface area contributed by atoms with Gasteiger partial charge in [-0.15, -0.1) is 0 Å². The Bertz CT molecular complexity index is 836. The first-order chi connectivity index (χ1) is 13.1. The van der Waals surface area contributed by atoms with Gasteiger partial charge in [0, 0.05) is 12.3 Å². The second kappa shape index (κ2) is 8.48. The summed E-state index contributed by atoms with van der Waals surface area (Å²) in [5.74, 6) is 1.51. The Hall–Kier alpha value is -3.16. The van der Waals surface area contributed by atoms with Crippen LogP contribution in [0.5, 0.6) is 11.8 Å². The van der Waals surface area contributed by atoms with Crippen molar-refractivity contribution in [1.29, 1.82) is 0 Å². The Labute approximate surface area is 157 Å². The van der Waals surface area contributed by atoms with Crippen LogP contribution in [0.4, 0.5) is 0 Å². The fourth-order valence-electron chi connectivity index (χ4n) is 2.69. The van der Waals surface area contributed by atoms with E-state index in [0.717, 1.165) is 18.4 Å². The highest BCUT2D eigenvalue weighted by atomic mass is 16.5. The third-order valence-electron chi connectivity index (χ3n) is 4.14. The minimum atomic E-state index is -0.195. The molecule has 0 aromatic carbocycles. The summed E-state index contributed by atoms with van der Waals surface area (Å²) in [5.41, 5.74) is 1.45. The number of rotatable bonds is 8. The van der Waals surface area contributed by atoms with Crippen LogP contribution in [-0.4, -0.2) is 39.2 Å². The molecule has 2 aromatic heterocycles. The van der Waals surface area contributed by atoms with Crippen LogP contribution in [0.15, 0.2) is 52.1 Å². The lowest BCUT2D eigenvalue weighted by atomic mass is 9.77. The van der Waals surface area contributed by atoms with E-state index in [1.54, 1.807) is 6.21 Å². The highest BCUT2D eigenvalue weighted by Crippen LogP contribution is 2.36. The molecule has 0 spiro atoms. The topological polar surface area (TPSA) is 103 Å². The van der Waals surface area contributed by atoms with Gasteiger partial charge in [0.15, 0.2) is 5.76 Å². The van der Waals surface area contributed by atoms with E-state index in [1.165, 1.54) is 18.5 Å². The molecule has 0 atom stereocenters. The molecule has 0 aliphatic heterocycles.